The third-order valence-electron chi connectivity index (χ3n) is 2.58. The highest BCUT2D eigenvalue weighted by molar-refractivity contribution is 7.99. The first-order valence-electron chi connectivity index (χ1n) is 5.94. The molecule has 3 nitrogen and oxygen atoms in total. The first kappa shape index (κ1) is 12.9. The minimum atomic E-state index is 0.0829. The van der Waals surface area contributed by atoms with Gasteiger partial charge in [-0.15, -0.1) is 11.8 Å². The Hall–Kier alpha value is -1.55. The molecule has 18 heavy (non-hydrogen) atoms. The van der Waals surface area contributed by atoms with Crippen LogP contribution in [0.15, 0.2) is 35.4 Å². The van der Waals surface area contributed by atoms with E-state index in [2.05, 4.69) is 18.8 Å². The molecule has 2 rings (SSSR count). The smallest absolute Gasteiger partial charge is 0.125 e. The molecule has 1 heterocycles. The van der Waals surface area contributed by atoms with E-state index in [9.17, 15) is 0 Å². The van der Waals surface area contributed by atoms with Crippen LogP contribution >= 0.6 is 11.8 Å². The van der Waals surface area contributed by atoms with Gasteiger partial charge in [0.05, 0.1) is 5.52 Å². The second-order valence-electron chi connectivity index (χ2n) is 4.64. The summed E-state index contributed by atoms with van der Waals surface area (Å²) >= 11 is 1.75. The van der Waals surface area contributed by atoms with Crippen LogP contribution in [0.3, 0.4) is 0 Å². The van der Waals surface area contributed by atoms with Crippen LogP contribution in [0, 0.1) is 11.3 Å². The molecule has 0 aliphatic heterocycles. The monoisotopic (exact) mass is 259 g/mol. The Balaban J connectivity index is 2.55. The highest BCUT2D eigenvalue weighted by atomic mass is 32.2. The number of hydrogen-bond acceptors (Lipinski definition) is 3. The molecule has 1 aromatic carbocycles. The average molecular weight is 259 g/mol. The number of pyridine rings is 1. The minimum Gasteiger partial charge on any atom is -0.384 e. The number of fused-ring (bicyclic) bond motifs is 1. The highest BCUT2D eigenvalue weighted by Gasteiger charge is 2.11. The molecule has 0 unspecified atom stereocenters. The van der Waals surface area contributed by atoms with Crippen molar-refractivity contribution in [2.75, 3.05) is 5.75 Å². The van der Waals surface area contributed by atoms with Crippen LogP contribution < -0.4 is 5.73 Å². The summed E-state index contributed by atoms with van der Waals surface area (Å²) in [4.78, 5) is 5.43. The average Bonchev–Trinajstić information content (AvgIpc) is 2.35. The molecule has 0 aliphatic carbocycles. The number of aromatic nitrogens is 1. The second kappa shape index (κ2) is 5.40. The third kappa shape index (κ3) is 2.64. The van der Waals surface area contributed by atoms with Crippen LogP contribution in [-0.2, 0) is 0 Å². The maximum atomic E-state index is 7.66. The van der Waals surface area contributed by atoms with Crippen molar-refractivity contribution in [1.82, 2.24) is 4.98 Å². The van der Waals surface area contributed by atoms with Crippen molar-refractivity contribution in [3.63, 3.8) is 0 Å². The Morgan fingerprint density at radius 1 is 1.39 bits per heavy atom. The van der Waals surface area contributed by atoms with Gasteiger partial charge < -0.3 is 5.73 Å². The molecule has 0 spiro atoms. The van der Waals surface area contributed by atoms with Gasteiger partial charge in [-0.05, 0) is 12.0 Å². The van der Waals surface area contributed by atoms with Crippen molar-refractivity contribution in [3.8, 4) is 0 Å². The van der Waals surface area contributed by atoms with Gasteiger partial charge in [0.15, 0.2) is 0 Å². The number of nitrogen functional groups attached to an aromatic ring is 1. The molecule has 0 bridgehead atoms. The molecule has 1 aromatic heterocycles. The molecular formula is C14H17N3S. The number of amidine groups is 1. The highest BCUT2D eigenvalue weighted by Crippen LogP contribution is 2.31. The van der Waals surface area contributed by atoms with Crippen molar-refractivity contribution in [3.05, 3.63) is 36.0 Å². The lowest BCUT2D eigenvalue weighted by Gasteiger charge is -2.12. The van der Waals surface area contributed by atoms with E-state index in [-0.39, 0.29) is 5.84 Å². The van der Waals surface area contributed by atoms with Crippen LogP contribution in [0.25, 0.3) is 10.9 Å². The van der Waals surface area contributed by atoms with E-state index < -0.39 is 0 Å². The van der Waals surface area contributed by atoms with Crippen LogP contribution in [0.2, 0.25) is 0 Å². The molecule has 3 N–H and O–H groups in total. The van der Waals surface area contributed by atoms with Crippen LogP contribution in [0.5, 0.6) is 0 Å². The van der Waals surface area contributed by atoms with Gasteiger partial charge in [-0.3, -0.25) is 10.4 Å². The fraction of sp³-hybridized carbons (Fsp3) is 0.286. The summed E-state index contributed by atoms with van der Waals surface area (Å²) in [6, 6.07) is 7.99. The Kier molecular flexibility index (Phi) is 3.87. The van der Waals surface area contributed by atoms with E-state index >= 15 is 0 Å². The molecule has 0 atom stereocenters. The van der Waals surface area contributed by atoms with Gasteiger partial charge in [-0.1, -0.05) is 32.0 Å². The molecule has 0 aliphatic rings. The zero-order valence-corrected chi connectivity index (χ0v) is 11.4. The summed E-state index contributed by atoms with van der Waals surface area (Å²) in [5, 5.41) is 8.74. The summed E-state index contributed by atoms with van der Waals surface area (Å²) in [5.41, 5.74) is 7.33. The molecular weight excluding hydrogens is 242 g/mol. The van der Waals surface area contributed by atoms with Gasteiger partial charge in [-0.2, -0.15) is 0 Å². The van der Waals surface area contributed by atoms with Gasteiger partial charge in [0.1, 0.15) is 5.84 Å². The molecule has 0 saturated carbocycles. The van der Waals surface area contributed by atoms with Gasteiger partial charge in [0, 0.05) is 27.8 Å². The van der Waals surface area contributed by atoms with E-state index in [0.717, 1.165) is 27.1 Å². The van der Waals surface area contributed by atoms with E-state index in [1.807, 2.05) is 24.3 Å². The molecule has 94 valence electrons. The van der Waals surface area contributed by atoms with E-state index in [4.69, 9.17) is 11.1 Å². The zero-order chi connectivity index (χ0) is 13.1. The Morgan fingerprint density at radius 3 is 2.78 bits per heavy atom. The number of nitrogens with two attached hydrogens (primary N) is 1. The molecule has 0 radical (unpaired) electrons. The summed E-state index contributed by atoms with van der Waals surface area (Å²) in [5.74, 6) is 1.69. The topological polar surface area (TPSA) is 62.8 Å². The first-order valence-corrected chi connectivity index (χ1v) is 6.93. The van der Waals surface area contributed by atoms with Gasteiger partial charge >= 0.3 is 0 Å². The predicted octanol–water partition coefficient (Wildman–Crippen LogP) is 3.27. The largest absolute Gasteiger partial charge is 0.384 e. The lowest BCUT2D eigenvalue weighted by atomic mass is 10.1. The van der Waals surface area contributed by atoms with Crippen molar-refractivity contribution in [2.45, 2.75) is 18.7 Å². The lowest BCUT2D eigenvalue weighted by Crippen LogP contribution is -2.13. The number of nitrogens with one attached hydrogen (secondary N) is 1. The maximum absolute atomic E-state index is 7.66. The van der Waals surface area contributed by atoms with Crippen molar-refractivity contribution in [1.29, 1.82) is 5.41 Å². The summed E-state index contributed by atoms with van der Waals surface area (Å²) < 4.78 is 0. The Morgan fingerprint density at radius 2 is 2.11 bits per heavy atom. The standard InChI is InChI=1S/C14H17N3S/c1-9(2)8-18-13-10-5-3-4-6-12(10)17-7-11(13)14(15)16/h3-7,9H,8H2,1-2H3,(H3,15,16). The summed E-state index contributed by atoms with van der Waals surface area (Å²) in [7, 11) is 0. The molecule has 0 saturated heterocycles. The van der Waals surface area contributed by atoms with Crippen molar-refractivity contribution < 1.29 is 0 Å². The zero-order valence-electron chi connectivity index (χ0n) is 10.6. The fourth-order valence-corrected chi connectivity index (χ4v) is 2.86. The number of para-hydroxylation sites is 1. The minimum absolute atomic E-state index is 0.0829. The Labute approximate surface area is 111 Å². The van der Waals surface area contributed by atoms with E-state index in [1.165, 1.54) is 0 Å². The quantitative estimate of drug-likeness (QED) is 0.503. The molecule has 0 amide bonds. The van der Waals surface area contributed by atoms with E-state index in [0.29, 0.717) is 5.92 Å². The van der Waals surface area contributed by atoms with Crippen LogP contribution in [0.1, 0.15) is 19.4 Å². The van der Waals surface area contributed by atoms with Gasteiger partial charge in [-0.25, -0.2) is 0 Å². The normalized spacial score (nSPS) is 11.1. The summed E-state index contributed by atoms with van der Waals surface area (Å²) in [6.45, 7) is 4.37. The number of hydrogen-bond donors (Lipinski definition) is 2. The third-order valence-corrected chi connectivity index (χ3v) is 4.14. The number of rotatable bonds is 4. The molecule has 2 aromatic rings. The van der Waals surface area contributed by atoms with Crippen molar-refractivity contribution in [2.24, 2.45) is 11.7 Å². The van der Waals surface area contributed by atoms with Crippen molar-refractivity contribution >= 4 is 28.5 Å². The van der Waals surface area contributed by atoms with Gasteiger partial charge in [0.2, 0.25) is 0 Å². The SMILES string of the molecule is CC(C)CSc1c(C(=N)N)cnc2ccccc12. The second-order valence-corrected chi connectivity index (χ2v) is 5.67. The predicted molar refractivity (Wildman–Crippen MR) is 78.3 cm³/mol. The number of nitrogens with zero attached hydrogens (tertiary/aromatic N) is 1. The lowest BCUT2D eigenvalue weighted by molar-refractivity contribution is 0.750. The van der Waals surface area contributed by atoms with Gasteiger partial charge in [0.25, 0.3) is 0 Å². The number of benzene rings is 1. The molecule has 4 heteroatoms. The Bertz CT molecular complexity index is 578. The van der Waals surface area contributed by atoms with Crippen LogP contribution in [-0.4, -0.2) is 16.6 Å². The fourth-order valence-electron chi connectivity index (χ4n) is 1.71. The summed E-state index contributed by atoms with van der Waals surface area (Å²) in [6.07, 6.45) is 1.70. The molecule has 0 fully saturated rings. The van der Waals surface area contributed by atoms with E-state index in [1.54, 1.807) is 18.0 Å². The maximum Gasteiger partial charge on any atom is 0.125 e. The van der Waals surface area contributed by atoms with Crippen LogP contribution in [0.4, 0.5) is 0 Å². The first-order chi connectivity index (χ1) is 8.59. The number of thioether (sulfide) groups is 1.